The molecule has 0 spiro atoms. The molecule has 0 saturated carbocycles. The van der Waals surface area contributed by atoms with Crippen LogP contribution in [0.4, 0.5) is 14.6 Å². The zero-order valence-electron chi connectivity index (χ0n) is 8.16. The van der Waals surface area contributed by atoms with Gasteiger partial charge in [0.15, 0.2) is 11.6 Å². The molecule has 3 rings (SSSR count). The van der Waals surface area contributed by atoms with Crippen LogP contribution in [0.3, 0.4) is 0 Å². The van der Waals surface area contributed by atoms with Crippen LogP contribution in [0, 0.1) is 0 Å². The minimum absolute atomic E-state index is 0.0400. The molecule has 1 saturated heterocycles. The third-order valence-electron chi connectivity index (χ3n) is 2.79. The molecule has 3 heterocycles. The van der Waals surface area contributed by atoms with Crippen LogP contribution in [0.5, 0.6) is 5.75 Å². The molecule has 86 valence electrons. The van der Waals surface area contributed by atoms with Gasteiger partial charge in [-0.1, -0.05) is 0 Å². The van der Waals surface area contributed by atoms with Gasteiger partial charge in [-0.3, -0.25) is 0 Å². The van der Waals surface area contributed by atoms with Crippen molar-refractivity contribution in [3.8, 4) is 5.75 Å². The molecule has 7 heteroatoms. The van der Waals surface area contributed by atoms with E-state index in [1.54, 1.807) is 4.90 Å². The molecule has 16 heavy (non-hydrogen) atoms. The molecule has 1 aromatic rings. The van der Waals surface area contributed by atoms with Gasteiger partial charge in [0.05, 0.1) is 18.8 Å². The standard InChI is InChI=1S/C9H8ClF2N3O/c10-8-13-2-6-7(14-8)15-4-9(11,12)1-5(15)3-16-6/h2,5H,1,3-4H2/t5-/m0/s1. The molecular formula is C9H8ClF2N3O. The Hall–Kier alpha value is -1.17. The van der Waals surface area contributed by atoms with Crippen molar-refractivity contribution in [3.05, 3.63) is 11.5 Å². The van der Waals surface area contributed by atoms with Crippen LogP contribution >= 0.6 is 11.6 Å². The molecule has 0 unspecified atom stereocenters. The number of ether oxygens (including phenoxy) is 1. The van der Waals surface area contributed by atoms with Crippen molar-refractivity contribution in [1.29, 1.82) is 0 Å². The van der Waals surface area contributed by atoms with E-state index in [2.05, 4.69) is 9.97 Å². The first-order valence-electron chi connectivity index (χ1n) is 4.85. The highest BCUT2D eigenvalue weighted by Gasteiger charge is 2.48. The lowest BCUT2D eigenvalue weighted by Crippen LogP contribution is -2.39. The van der Waals surface area contributed by atoms with E-state index in [-0.39, 0.29) is 30.9 Å². The van der Waals surface area contributed by atoms with Crippen LogP contribution in [0.2, 0.25) is 5.28 Å². The first kappa shape index (κ1) is 10.0. The van der Waals surface area contributed by atoms with Gasteiger partial charge in [-0.05, 0) is 11.6 Å². The molecular weight excluding hydrogens is 240 g/mol. The lowest BCUT2D eigenvalue weighted by atomic mass is 10.2. The molecule has 0 radical (unpaired) electrons. The third kappa shape index (κ3) is 1.48. The van der Waals surface area contributed by atoms with Gasteiger partial charge in [-0.2, -0.15) is 4.98 Å². The Bertz CT molecular complexity index is 443. The quantitative estimate of drug-likeness (QED) is 0.655. The summed E-state index contributed by atoms with van der Waals surface area (Å²) >= 11 is 5.65. The van der Waals surface area contributed by atoms with Gasteiger partial charge in [0.1, 0.15) is 6.61 Å². The summed E-state index contributed by atoms with van der Waals surface area (Å²) in [5, 5.41) is 0.0400. The number of anilines is 1. The number of aromatic nitrogens is 2. The first-order chi connectivity index (χ1) is 7.55. The van der Waals surface area contributed by atoms with Gasteiger partial charge in [-0.25, -0.2) is 13.8 Å². The number of nitrogens with zero attached hydrogens (tertiary/aromatic N) is 3. The van der Waals surface area contributed by atoms with Crippen molar-refractivity contribution in [2.75, 3.05) is 18.1 Å². The summed E-state index contributed by atoms with van der Waals surface area (Å²) in [6, 6.07) is -0.325. The largest absolute Gasteiger partial charge is 0.486 e. The van der Waals surface area contributed by atoms with Crippen LogP contribution < -0.4 is 9.64 Å². The molecule has 1 fully saturated rings. The number of halogens is 3. The molecule has 2 aliphatic rings. The summed E-state index contributed by atoms with van der Waals surface area (Å²) in [5.41, 5.74) is 0. The SMILES string of the molecule is FC1(F)C[C@H]2COc3cnc(Cl)nc3N2C1. The number of hydrogen-bond acceptors (Lipinski definition) is 4. The average molecular weight is 248 g/mol. The fourth-order valence-electron chi connectivity index (χ4n) is 2.13. The summed E-state index contributed by atoms with van der Waals surface area (Å²) in [7, 11) is 0. The highest BCUT2D eigenvalue weighted by atomic mass is 35.5. The maximum Gasteiger partial charge on any atom is 0.267 e. The van der Waals surface area contributed by atoms with Crippen LogP contribution in [-0.4, -0.2) is 35.1 Å². The second-order valence-corrected chi connectivity index (χ2v) is 4.32. The Labute approximate surface area is 95.2 Å². The Balaban J connectivity index is 2.02. The maximum atomic E-state index is 13.3. The summed E-state index contributed by atoms with van der Waals surface area (Å²) in [6.45, 7) is -0.0883. The summed E-state index contributed by atoms with van der Waals surface area (Å²) in [6.07, 6.45) is 1.21. The Morgan fingerprint density at radius 1 is 1.56 bits per heavy atom. The normalized spacial score (nSPS) is 25.9. The molecule has 0 N–H and O–H groups in total. The predicted octanol–water partition coefficient (Wildman–Crippen LogP) is 1.74. The van der Waals surface area contributed by atoms with E-state index in [0.29, 0.717) is 11.6 Å². The zero-order valence-corrected chi connectivity index (χ0v) is 8.92. The molecule has 0 amide bonds. The van der Waals surface area contributed by atoms with Crippen molar-refractivity contribution in [2.45, 2.75) is 18.4 Å². The summed E-state index contributed by atoms with van der Waals surface area (Å²) in [4.78, 5) is 9.25. The van der Waals surface area contributed by atoms with Crippen LogP contribution in [0.1, 0.15) is 6.42 Å². The van der Waals surface area contributed by atoms with Crippen molar-refractivity contribution in [1.82, 2.24) is 9.97 Å². The molecule has 0 aliphatic carbocycles. The molecule has 2 aliphatic heterocycles. The van der Waals surface area contributed by atoms with Gasteiger partial charge >= 0.3 is 0 Å². The van der Waals surface area contributed by atoms with E-state index < -0.39 is 5.92 Å². The van der Waals surface area contributed by atoms with Crippen molar-refractivity contribution >= 4 is 17.4 Å². The Morgan fingerprint density at radius 3 is 3.19 bits per heavy atom. The molecule has 1 aromatic heterocycles. The van der Waals surface area contributed by atoms with E-state index in [1.165, 1.54) is 6.20 Å². The monoisotopic (exact) mass is 247 g/mol. The maximum absolute atomic E-state index is 13.3. The van der Waals surface area contributed by atoms with Crippen molar-refractivity contribution in [2.24, 2.45) is 0 Å². The smallest absolute Gasteiger partial charge is 0.267 e. The number of rotatable bonds is 0. The van der Waals surface area contributed by atoms with Crippen LogP contribution in [0.15, 0.2) is 6.20 Å². The van der Waals surface area contributed by atoms with E-state index >= 15 is 0 Å². The number of fused-ring (bicyclic) bond motifs is 3. The fraction of sp³-hybridized carbons (Fsp3) is 0.556. The highest BCUT2D eigenvalue weighted by Crippen LogP contribution is 2.41. The lowest BCUT2D eigenvalue weighted by molar-refractivity contribution is 0.0211. The minimum Gasteiger partial charge on any atom is -0.486 e. The van der Waals surface area contributed by atoms with Gasteiger partial charge in [0.25, 0.3) is 5.92 Å². The van der Waals surface area contributed by atoms with Crippen molar-refractivity contribution < 1.29 is 13.5 Å². The molecule has 0 aromatic carbocycles. The predicted molar refractivity (Wildman–Crippen MR) is 53.2 cm³/mol. The Morgan fingerprint density at radius 2 is 2.38 bits per heavy atom. The summed E-state index contributed by atoms with van der Waals surface area (Å²) < 4.78 is 31.9. The van der Waals surface area contributed by atoms with Crippen molar-refractivity contribution in [3.63, 3.8) is 0 Å². The van der Waals surface area contributed by atoms with Crippen LogP contribution in [0.25, 0.3) is 0 Å². The van der Waals surface area contributed by atoms with E-state index in [1.807, 2.05) is 0 Å². The highest BCUT2D eigenvalue weighted by molar-refractivity contribution is 6.28. The molecule has 1 atom stereocenters. The summed E-state index contributed by atoms with van der Waals surface area (Å²) in [5.74, 6) is -1.90. The minimum atomic E-state index is -2.69. The van der Waals surface area contributed by atoms with Gasteiger partial charge in [-0.15, -0.1) is 0 Å². The molecule has 0 bridgehead atoms. The fourth-order valence-corrected chi connectivity index (χ4v) is 2.26. The van der Waals surface area contributed by atoms with Gasteiger partial charge in [0.2, 0.25) is 5.28 Å². The van der Waals surface area contributed by atoms with Gasteiger partial charge in [0, 0.05) is 6.42 Å². The lowest BCUT2D eigenvalue weighted by Gasteiger charge is -2.31. The second kappa shape index (κ2) is 3.16. The average Bonchev–Trinajstić information content (AvgIpc) is 2.52. The first-order valence-corrected chi connectivity index (χ1v) is 5.23. The second-order valence-electron chi connectivity index (χ2n) is 3.98. The Kier molecular flexibility index (Phi) is 1.98. The number of alkyl halides is 2. The third-order valence-corrected chi connectivity index (χ3v) is 2.97. The van der Waals surface area contributed by atoms with Crippen LogP contribution in [-0.2, 0) is 0 Å². The zero-order chi connectivity index (χ0) is 11.3. The topological polar surface area (TPSA) is 38.3 Å². The van der Waals surface area contributed by atoms with E-state index in [9.17, 15) is 8.78 Å². The van der Waals surface area contributed by atoms with E-state index in [4.69, 9.17) is 16.3 Å². The molecule has 4 nitrogen and oxygen atoms in total. The van der Waals surface area contributed by atoms with E-state index in [0.717, 1.165) is 0 Å². The number of hydrogen-bond donors (Lipinski definition) is 0. The van der Waals surface area contributed by atoms with Gasteiger partial charge < -0.3 is 9.64 Å².